The van der Waals surface area contributed by atoms with Crippen LogP contribution in [0.2, 0.25) is 0 Å². The molecular weight excluding hydrogens is 512 g/mol. The summed E-state index contributed by atoms with van der Waals surface area (Å²) in [5.41, 5.74) is 8.73. The highest BCUT2D eigenvalue weighted by atomic mass is 15.0. The number of hydrogen-bond donors (Lipinski definition) is 0. The van der Waals surface area contributed by atoms with E-state index in [2.05, 4.69) is 126 Å². The number of benzene rings is 5. The Kier molecular flexibility index (Phi) is 5.89. The summed E-state index contributed by atoms with van der Waals surface area (Å²) in [5.74, 6) is 2.01. The Morgan fingerprint density at radius 3 is 2.02 bits per heavy atom. The van der Waals surface area contributed by atoms with Gasteiger partial charge in [-0.2, -0.15) is 0 Å². The van der Waals surface area contributed by atoms with E-state index >= 15 is 0 Å². The topological polar surface area (TPSA) is 51.6 Å². The third-order valence-electron chi connectivity index (χ3n) is 8.01. The first kappa shape index (κ1) is 24.3. The number of pyridine rings is 1. The highest BCUT2D eigenvalue weighted by molar-refractivity contribution is 5.93. The highest BCUT2D eigenvalue weighted by Crippen LogP contribution is 2.32. The summed E-state index contributed by atoms with van der Waals surface area (Å²) >= 11 is 0. The molecule has 0 saturated carbocycles. The molecule has 2 aromatic heterocycles. The van der Waals surface area contributed by atoms with Gasteiger partial charge < -0.3 is 0 Å². The second-order valence-corrected chi connectivity index (χ2v) is 10.7. The molecule has 0 bridgehead atoms. The van der Waals surface area contributed by atoms with E-state index in [1.54, 1.807) is 0 Å². The van der Waals surface area contributed by atoms with Gasteiger partial charge in [0.25, 0.3) is 0 Å². The molecule has 0 fully saturated rings. The molecule has 0 unspecified atom stereocenters. The second-order valence-electron chi connectivity index (χ2n) is 10.7. The van der Waals surface area contributed by atoms with Gasteiger partial charge in [-0.1, -0.05) is 109 Å². The third-order valence-corrected chi connectivity index (χ3v) is 8.01. The van der Waals surface area contributed by atoms with Crippen molar-refractivity contribution in [3.63, 3.8) is 0 Å². The Morgan fingerprint density at radius 1 is 0.500 bits per heavy atom. The van der Waals surface area contributed by atoms with Gasteiger partial charge in [0.2, 0.25) is 0 Å². The fraction of sp³-hybridized carbons (Fsp3) is 0.0526. The second kappa shape index (κ2) is 10.2. The van der Waals surface area contributed by atoms with Gasteiger partial charge in [0.15, 0.2) is 17.5 Å². The van der Waals surface area contributed by atoms with Crippen molar-refractivity contribution in [1.82, 2.24) is 19.9 Å². The molecule has 7 aromatic rings. The number of hydrogen-bond acceptors (Lipinski definition) is 4. The SMILES string of the molecule is C1=Cc2ccc(-c3nc(-c4ccc(-c5cccc6cccnc56)cc4)nc(-c4ccc5ccccc5c4)n3)cc2CC1. The molecule has 0 aliphatic heterocycles. The zero-order valence-electron chi connectivity index (χ0n) is 22.9. The van der Waals surface area contributed by atoms with Crippen LogP contribution in [0.25, 0.3) is 73.0 Å². The summed E-state index contributed by atoms with van der Waals surface area (Å²) in [7, 11) is 0. The molecule has 2 heterocycles. The van der Waals surface area contributed by atoms with Crippen LogP contribution in [0, 0.1) is 0 Å². The van der Waals surface area contributed by atoms with Crippen LogP contribution in [-0.4, -0.2) is 19.9 Å². The first-order valence-electron chi connectivity index (χ1n) is 14.3. The van der Waals surface area contributed by atoms with Crippen LogP contribution in [0.3, 0.4) is 0 Å². The first-order chi connectivity index (χ1) is 20.8. The Morgan fingerprint density at radius 2 is 1.17 bits per heavy atom. The molecule has 42 heavy (non-hydrogen) atoms. The number of rotatable bonds is 4. The van der Waals surface area contributed by atoms with Crippen molar-refractivity contribution in [3.05, 3.63) is 139 Å². The molecule has 0 atom stereocenters. The zero-order valence-corrected chi connectivity index (χ0v) is 22.9. The Labute approximate surface area is 244 Å². The van der Waals surface area contributed by atoms with Crippen LogP contribution in [0.4, 0.5) is 0 Å². The van der Waals surface area contributed by atoms with Crippen LogP contribution in [0.1, 0.15) is 17.5 Å². The van der Waals surface area contributed by atoms with Crippen molar-refractivity contribution in [2.24, 2.45) is 0 Å². The van der Waals surface area contributed by atoms with Crippen molar-refractivity contribution in [3.8, 4) is 45.3 Å². The number of allylic oxidation sites excluding steroid dienone is 1. The van der Waals surface area contributed by atoms with E-state index in [0.29, 0.717) is 17.5 Å². The minimum atomic E-state index is 0.656. The van der Waals surface area contributed by atoms with Gasteiger partial charge in [0, 0.05) is 33.8 Å². The van der Waals surface area contributed by atoms with Crippen LogP contribution in [0.5, 0.6) is 0 Å². The third kappa shape index (κ3) is 4.43. The number of nitrogens with zero attached hydrogens (tertiary/aromatic N) is 4. The van der Waals surface area contributed by atoms with Gasteiger partial charge in [-0.25, -0.2) is 15.0 Å². The summed E-state index contributed by atoms with van der Waals surface area (Å²) in [6, 6.07) is 40.1. The average Bonchev–Trinajstić information content (AvgIpc) is 3.07. The standard InChI is InChI=1S/C38H26N4/c1-3-9-30-23-32(20-14-25(30)7-1)37-40-36(41-38(42-37)33-21-15-26-8-2-4-10-31(26)24-33)29-18-16-27(17-19-29)34-13-5-11-28-12-6-22-39-35(28)34/h1-3,5-9,11-24H,4,10H2. The van der Waals surface area contributed by atoms with Gasteiger partial charge >= 0.3 is 0 Å². The van der Waals surface area contributed by atoms with E-state index in [4.69, 9.17) is 15.0 Å². The lowest BCUT2D eigenvalue weighted by atomic mass is 9.95. The molecule has 1 aliphatic rings. The van der Waals surface area contributed by atoms with Gasteiger partial charge in [0.1, 0.15) is 0 Å². The lowest BCUT2D eigenvalue weighted by Crippen LogP contribution is -2.01. The van der Waals surface area contributed by atoms with Crippen LogP contribution in [0.15, 0.2) is 128 Å². The maximum atomic E-state index is 5.01. The van der Waals surface area contributed by atoms with Gasteiger partial charge in [-0.15, -0.1) is 0 Å². The monoisotopic (exact) mass is 538 g/mol. The van der Waals surface area contributed by atoms with Crippen molar-refractivity contribution >= 4 is 27.8 Å². The number of aryl methyl sites for hydroxylation is 1. The van der Waals surface area contributed by atoms with Crippen molar-refractivity contribution < 1.29 is 0 Å². The van der Waals surface area contributed by atoms with Gasteiger partial charge in [-0.05, 0) is 58.5 Å². The Hall–Kier alpha value is -5.48. The van der Waals surface area contributed by atoms with Crippen LogP contribution < -0.4 is 0 Å². The average molecular weight is 539 g/mol. The summed E-state index contributed by atoms with van der Waals surface area (Å²) in [5, 5.41) is 3.48. The normalized spacial score (nSPS) is 12.5. The minimum Gasteiger partial charge on any atom is -0.256 e. The fourth-order valence-electron chi connectivity index (χ4n) is 5.80. The Balaban J connectivity index is 1.25. The molecule has 4 heteroatoms. The van der Waals surface area contributed by atoms with E-state index in [0.717, 1.165) is 56.9 Å². The molecule has 0 radical (unpaired) electrons. The molecule has 8 rings (SSSR count). The van der Waals surface area contributed by atoms with Crippen molar-refractivity contribution in [2.45, 2.75) is 12.8 Å². The predicted molar refractivity (Wildman–Crippen MR) is 172 cm³/mol. The summed E-state index contributed by atoms with van der Waals surface area (Å²) in [6.07, 6.45) is 8.37. The smallest absolute Gasteiger partial charge is 0.164 e. The Bertz CT molecular complexity index is 2140. The molecule has 0 spiro atoms. The minimum absolute atomic E-state index is 0.656. The zero-order chi connectivity index (χ0) is 27.9. The van der Waals surface area contributed by atoms with Crippen LogP contribution in [-0.2, 0) is 6.42 Å². The molecule has 198 valence electrons. The summed E-state index contributed by atoms with van der Waals surface area (Å²) in [6.45, 7) is 0. The van der Waals surface area contributed by atoms with Crippen molar-refractivity contribution in [2.75, 3.05) is 0 Å². The lowest BCUT2D eigenvalue weighted by Gasteiger charge is -2.13. The number of aromatic nitrogens is 4. The van der Waals surface area contributed by atoms with E-state index < -0.39 is 0 Å². The molecule has 0 amide bonds. The largest absolute Gasteiger partial charge is 0.256 e. The first-order valence-corrected chi connectivity index (χ1v) is 14.3. The quantitative estimate of drug-likeness (QED) is 0.224. The fourth-order valence-corrected chi connectivity index (χ4v) is 5.80. The van der Waals surface area contributed by atoms with Crippen LogP contribution >= 0.6 is 0 Å². The van der Waals surface area contributed by atoms with E-state index in [1.807, 2.05) is 12.3 Å². The van der Waals surface area contributed by atoms with Gasteiger partial charge in [-0.3, -0.25) is 4.98 Å². The molecule has 0 saturated heterocycles. The molecular formula is C38H26N4. The highest BCUT2D eigenvalue weighted by Gasteiger charge is 2.15. The van der Waals surface area contributed by atoms with E-state index in [9.17, 15) is 0 Å². The molecule has 4 nitrogen and oxygen atoms in total. The van der Waals surface area contributed by atoms with Gasteiger partial charge in [0.05, 0.1) is 5.52 Å². The number of fused-ring (bicyclic) bond motifs is 3. The summed E-state index contributed by atoms with van der Waals surface area (Å²) < 4.78 is 0. The number of para-hydroxylation sites is 1. The van der Waals surface area contributed by atoms with E-state index in [1.165, 1.54) is 16.5 Å². The maximum absolute atomic E-state index is 5.01. The van der Waals surface area contributed by atoms with Crippen molar-refractivity contribution in [1.29, 1.82) is 0 Å². The summed E-state index contributed by atoms with van der Waals surface area (Å²) in [4.78, 5) is 19.7. The maximum Gasteiger partial charge on any atom is 0.164 e. The molecule has 0 N–H and O–H groups in total. The van der Waals surface area contributed by atoms with E-state index in [-0.39, 0.29) is 0 Å². The lowest BCUT2D eigenvalue weighted by molar-refractivity contribution is 0.984. The molecule has 1 aliphatic carbocycles. The predicted octanol–water partition coefficient (Wildman–Crippen LogP) is 9.20. The molecule has 5 aromatic carbocycles.